The number of carbonyl (C=O) groups is 1. The Morgan fingerprint density at radius 3 is 2.50 bits per heavy atom. The van der Waals surface area contributed by atoms with Crippen molar-refractivity contribution in [3.05, 3.63) is 0 Å². The Morgan fingerprint density at radius 2 is 2.30 bits per heavy atom. The van der Waals surface area contributed by atoms with E-state index >= 15 is 0 Å². The van der Waals surface area contributed by atoms with Gasteiger partial charge in [-0.3, -0.25) is 4.79 Å². The monoisotopic (exact) mass is 143 g/mol. The third kappa shape index (κ3) is 1.01. The van der Waals surface area contributed by atoms with E-state index in [0.29, 0.717) is 0 Å². The lowest BCUT2D eigenvalue weighted by Crippen LogP contribution is -2.32. The zero-order chi connectivity index (χ0) is 7.72. The molecule has 0 radical (unpaired) electrons. The average molecular weight is 143 g/mol. The summed E-state index contributed by atoms with van der Waals surface area (Å²) < 4.78 is 0. The Balaban J connectivity index is 2.64. The molecule has 1 aliphatic rings. The van der Waals surface area contributed by atoms with Crippen LogP contribution in [0.1, 0.15) is 20.3 Å². The number of amides is 1. The molecule has 3 nitrogen and oxygen atoms in total. The molecule has 1 aliphatic heterocycles. The fourth-order valence-corrected chi connectivity index (χ4v) is 1.45. The first kappa shape index (κ1) is 7.54. The summed E-state index contributed by atoms with van der Waals surface area (Å²) in [5.74, 6) is 0.178. The molecular formula is C7H13NO2. The van der Waals surface area contributed by atoms with Gasteiger partial charge in [0.2, 0.25) is 5.91 Å². The second-order valence-corrected chi connectivity index (χ2v) is 2.94. The second-order valence-electron chi connectivity index (χ2n) is 2.94. The predicted octanol–water partition coefficient (Wildman–Crippen LogP) is 0.193. The van der Waals surface area contributed by atoms with Crippen LogP contribution in [0.25, 0.3) is 0 Å². The molecule has 0 saturated carbocycles. The predicted molar refractivity (Wildman–Crippen MR) is 37.2 cm³/mol. The van der Waals surface area contributed by atoms with Crippen molar-refractivity contribution < 1.29 is 9.90 Å². The number of carbonyl (C=O) groups excluding carboxylic acids is 1. The van der Waals surface area contributed by atoms with Gasteiger partial charge in [0.05, 0.1) is 0 Å². The molecule has 1 rings (SSSR count). The SMILES string of the molecule is CC1CC(C)N(CO)C1=O. The summed E-state index contributed by atoms with van der Waals surface area (Å²) in [5, 5.41) is 8.73. The van der Waals surface area contributed by atoms with Crippen LogP contribution in [-0.4, -0.2) is 28.7 Å². The molecule has 0 aromatic carbocycles. The van der Waals surface area contributed by atoms with Crippen molar-refractivity contribution in [1.29, 1.82) is 0 Å². The lowest BCUT2D eigenvalue weighted by molar-refractivity contribution is -0.134. The van der Waals surface area contributed by atoms with Gasteiger partial charge in [-0.05, 0) is 13.3 Å². The molecule has 0 aromatic heterocycles. The van der Waals surface area contributed by atoms with Crippen molar-refractivity contribution in [2.24, 2.45) is 5.92 Å². The fraction of sp³-hybridized carbons (Fsp3) is 0.857. The van der Waals surface area contributed by atoms with E-state index in [4.69, 9.17) is 5.11 Å². The molecule has 2 atom stereocenters. The number of aliphatic hydroxyl groups is 1. The molecule has 1 heterocycles. The van der Waals surface area contributed by atoms with Crippen LogP contribution >= 0.6 is 0 Å². The first-order valence-electron chi connectivity index (χ1n) is 3.58. The highest BCUT2D eigenvalue weighted by Gasteiger charge is 2.32. The molecule has 3 heteroatoms. The molecule has 0 aromatic rings. The summed E-state index contributed by atoms with van der Waals surface area (Å²) in [7, 11) is 0. The molecule has 0 bridgehead atoms. The van der Waals surface area contributed by atoms with Crippen molar-refractivity contribution in [1.82, 2.24) is 4.90 Å². The normalized spacial score (nSPS) is 33.5. The van der Waals surface area contributed by atoms with Gasteiger partial charge in [-0.1, -0.05) is 6.92 Å². The molecule has 0 spiro atoms. The van der Waals surface area contributed by atoms with Gasteiger partial charge in [-0.25, -0.2) is 0 Å². The molecular weight excluding hydrogens is 130 g/mol. The highest BCUT2D eigenvalue weighted by Crippen LogP contribution is 2.22. The first-order chi connectivity index (χ1) is 4.66. The summed E-state index contributed by atoms with van der Waals surface area (Å²) >= 11 is 0. The minimum absolute atomic E-state index is 0.0787. The van der Waals surface area contributed by atoms with Crippen LogP contribution in [0.4, 0.5) is 0 Å². The van der Waals surface area contributed by atoms with Crippen molar-refractivity contribution in [2.75, 3.05) is 6.73 Å². The molecule has 58 valence electrons. The Hall–Kier alpha value is -0.570. The van der Waals surface area contributed by atoms with E-state index in [1.165, 1.54) is 4.90 Å². The highest BCUT2D eigenvalue weighted by molar-refractivity contribution is 5.80. The van der Waals surface area contributed by atoms with Gasteiger partial charge in [-0.2, -0.15) is 0 Å². The van der Waals surface area contributed by atoms with Crippen LogP contribution in [0, 0.1) is 5.92 Å². The van der Waals surface area contributed by atoms with E-state index in [9.17, 15) is 4.79 Å². The number of aliphatic hydroxyl groups excluding tert-OH is 1. The Bertz CT molecular complexity index is 147. The number of hydrogen-bond acceptors (Lipinski definition) is 2. The zero-order valence-corrected chi connectivity index (χ0v) is 6.37. The summed E-state index contributed by atoms with van der Waals surface area (Å²) in [4.78, 5) is 12.6. The van der Waals surface area contributed by atoms with Crippen molar-refractivity contribution in [3.63, 3.8) is 0 Å². The van der Waals surface area contributed by atoms with Crippen molar-refractivity contribution in [3.8, 4) is 0 Å². The van der Waals surface area contributed by atoms with Gasteiger partial charge < -0.3 is 10.0 Å². The van der Waals surface area contributed by atoms with E-state index in [1.54, 1.807) is 0 Å². The highest BCUT2D eigenvalue weighted by atomic mass is 16.3. The maximum Gasteiger partial charge on any atom is 0.227 e. The van der Waals surface area contributed by atoms with Gasteiger partial charge >= 0.3 is 0 Å². The lowest BCUT2D eigenvalue weighted by atomic mass is 10.1. The quantitative estimate of drug-likeness (QED) is 0.569. The van der Waals surface area contributed by atoms with Crippen LogP contribution in [0.2, 0.25) is 0 Å². The maximum absolute atomic E-state index is 11.1. The minimum atomic E-state index is -0.135. The number of hydrogen-bond donors (Lipinski definition) is 1. The molecule has 2 unspecified atom stereocenters. The van der Waals surface area contributed by atoms with Crippen molar-refractivity contribution in [2.45, 2.75) is 26.3 Å². The van der Waals surface area contributed by atoms with E-state index < -0.39 is 0 Å². The fourth-order valence-electron chi connectivity index (χ4n) is 1.45. The van der Waals surface area contributed by atoms with E-state index in [-0.39, 0.29) is 24.6 Å². The van der Waals surface area contributed by atoms with Crippen LogP contribution in [0.3, 0.4) is 0 Å². The van der Waals surface area contributed by atoms with Gasteiger partial charge in [-0.15, -0.1) is 0 Å². The average Bonchev–Trinajstić information content (AvgIpc) is 2.09. The summed E-state index contributed by atoms with van der Waals surface area (Å²) in [5.41, 5.74) is 0. The molecule has 0 aliphatic carbocycles. The second kappa shape index (κ2) is 2.58. The number of nitrogens with zero attached hydrogens (tertiary/aromatic N) is 1. The largest absolute Gasteiger partial charge is 0.376 e. The maximum atomic E-state index is 11.1. The van der Waals surface area contributed by atoms with Crippen LogP contribution in [-0.2, 0) is 4.79 Å². The number of likely N-dealkylation sites (tertiary alicyclic amines) is 1. The minimum Gasteiger partial charge on any atom is -0.376 e. The Morgan fingerprint density at radius 1 is 1.70 bits per heavy atom. The molecule has 1 N–H and O–H groups in total. The van der Waals surface area contributed by atoms with E-state index in [0.717, 1.165) is 6.42 Å². The smallest absolute Gasteiger partial charge is 0.227 e. The third-order valence-electron chi connectivity index (χ3n) is 2.08. The molecule has 1 fully saturated rings. The molecule has 1 amide bonds. The van der Waals surface area contributed by atoms with Gasteiger partial charge in [0.25, 0.3) is 0 Å². The first-order valence-corrected chi connectivity index (χ1v) is 3.58. The van der Waals surface area contributed by atoms with E-state index in [1.807, 2.05) is 13.8 Å². The lowest BCUT2D eigenvalue weighted by Gasteiger charge is -2.17. The van der Waals surface area contributed by atoms with Crippen LogP contribution < -0.4 is 0 Å². The molecule has 10 heavy (non-hydrogen) atoms. The zero-order valence-electron chi connectivity index (χ0n) is 6.37. The Kier molecular flexibility index (Phi) is 1.94. The summed E-state index contributed by atoms with van der Waals surface area (Å²) in [6, 6.07) is 0.215. The third-order valence-corrected chi connectivity index (χ3v) is 2.08. The summed E-state index contributed by atoms with van der Waals surface area (Å²) in [6.07, 6.45) is 0.874. The van der Waals surface area contributed by atoms with Gasteiger partial charge in [0, 0.05) is 12.0 Å². The molecule has 1 saturated heterocycles. The standard InChI is InChI=1S/C7H13NO2/c1-5-3-6(2)8(4-9)7(5)10/h5-6,9H,3-4H2,1-2H3. The Labute approximate surface area is 60.6 Å². The van der Waals surface area contributed by atoms with Crippen molar-refractivity contribution >= 4 is 5.91 Å². The van der Waals surface area contributed by atoms with Crippen LogP contribution in [0.5, 0.6) is 0 Å². The topological polar surface area (TPSA) is 40.5 Å². The van der Waals surface area contributed by atoms with E-state index in [2.05, 4.69) is 0 Å². The summed E-state index contributed by atoms with van der Waals surface area (Å²) in [6.45, 7) is 3.72. The van der Waals surface area contributed by atoms with Gasteiger partial charge in [0.15, 0.2) is 0 Å². The number of rotatable bonds is 1. The van der Waals surface area contributed by atoms with Gasteiger partial charge in [0.1, 0.15) is 6.73 Å². The van der Waals surface area contributed by atoms with Crippen LogP contribution in [0.15, 0.2) is 0 Å².